The van der Waals surface area contributed by atoms with Gasteiger partial charge in [0.2, 0.25) is 0 Å². The molecule has 0 unspecified atom stereocenters. The lowest BCUT2D eigenvalue weighted by molar-refractivity contribution is 0.416. The molecule has 0 saturated heterocycles. The van der Waals surface area contributed by atoms with Crippen LogP contribution >= 0.6 is 0 Å². The second-order valence-electron chi connectivity index (χ2n) is 4.08. The van der Waals surface area contributed by atoms with Crippen molar-refractivity contribution in [2.24, 2.45) is 0 Å². The van der Waals surface area contributed by atoms with Crippen LogP contribution in [0.25, 0.3) is 22.2 Å². The van der Waals surface area contributed by atoms with Crippen LogP contribution in [0.3, 0.4) is 0 Å². The minimum Gasteiger partial charge on any atom is -0.496 e. The monoisotopic (exact) mass is 239 g/mol. The molecule has 0 spiro atoms. The number of hydrogen-bond donors (Lipinski definition) is 2. The second-order valence-corrected chi connectivity index (χ2v) is 4.08. The van der Waals surface area contributed by atoms with Crippen LogP contribution in [0.5, 0.6) is 5.75 Å². The number of nitrogen functional groups attached to an aromatic ring is 1. The molecule has 0 saturated carbocycles. The summed E-state index contributed by atoms with van der Waals surface area (Å²) in [5.74, 6) is 0.799. The highest BCUT2D eigenvalue weighted by Crippen LogP contribution is 2.33. The molecule has 0 bridgehead atoms. The van der Waals surface area contributed by atoms with Crippen molar-refractivity contribution in [2.45, 2.75) is 0 Å². The Bertz CT molecular complexity index is 703. The standard InChI is InChI=1S/C14H13N3O/c1-18-13-5-3-2-4-10(13)14-11-8-9(15)6-7-12(11)16-17-14/h2-8H,15H2,1H3,(H,16,17). The van der Waals surface area contributed by atoms with Crippen molar-refractivity contribution in [3.8, 4) is 17.0 Å². The minimum absolute atomic E-state index is 0.722. The van der Waals surface area contributed by atoms with Gasteiger partial charge in [0.1, 0.15) is 11.4 Å². The van der Waals surface area contributed by atoms with Crippen LogP contribution in [0.2, 0.25) is 0 Å². The maximum atomic E-state index is 5.83. The van der Waals surface area contributed by atoms with E-state index in [1.807, 2.05) is 42.5 Å². The number of H-pyrrole nitrogens is 1. The van der Waals surface area contributed by atoms with Gasteiger partial charge in [-0.3, -0.25) is 5.10 Å². The number of nitrogens with two attached hydrogens (primary N) is 1. The topological polar surface area (TPSA) is 63.9 Å². The van der Waals surface area contributed by atoms with Gasteiger partial charge in [0.05, 0.1) is 12.6 Å². The molecule has 0 aliphatic heterocycles. The van der Waals surface area contributed by atoms with E-state index in [0.717, 1.165) is 33.6 Å². The van der Waals surface area contributed by atoms with Crippen molar-refractivity contribution in [2.75, 3.05) is 12.8 Å². The van der Waals surface area contributed by atoms with E-state index in [4.69, 9.17) is 10.5 Å². The second kappa shape index (κ2) is 4.07. The third kappa shape index (κ3) is 1.59. The number of benzene rings is 2. The molecule has 0 fully saturated rings. The van der Waals surface area contributed by atoms with Gasteiger partial charge < -0.3 is 10.5 Å². The number of rotatable bonds is 2. The largest absolute Gasteiger partial charge is 0.496 e. The zero-order valence-corrected chi connectivity index (χ0v) is 9.97. The highest BCUT2D eigenvalue weighted by Gasteiger charge is 2.12. The van der Waals surface area contributed by atoms with E-state index in [1.165, 1.54) is 0 Å². The van der Waals surface area contributed by atoms with Crippen molar-refractivity contribution in [3.05, 3.63) is 42.5 Å². The van der Waals surface area contributed by atoms with Crippen LogP contribution in [0.4, 0.5) is 5.69 Å². The number of aromatic amines is 1. The molecule has 0 atom stereocenters. The minimum atomic E-state index is 0.722. The normalized spacial score (nSPS) is 10.7. The Morgan fingerprint density at radius 1 is 1.17 bits per heavy atom. The number of ether oxygens (including phenoxy) is 1. The summed E-state index contributed by atoms with van der Waals surface area (Å²) in [5.41, 5.74) is 9.32. The van der Waals surface area contributed by atoms with Gasteiger partial charge in [-0.25, -0.2) is 0 Å². The van der Waals surface area contributed by atoms with Crippen molar-refractivity contribution < 1.29 is 4.74 Å². The van der Waals surface area contributed by atoms with Gasteiger partial charge in [-0.05, 0) is 30.3 Å². The van der Waals surface area contributed by atoms with Crippen LogP contribution in [0.1, 0.15) is 0 Å². The van der Waals surface area contributed by atoms with E-state index in [-0.39, 0.29) is 0 Å². The maximum absolute atomic E-state index is 5.83. The first-order valence-electron chi connectivity index (χ1n) is 5.66. The Hall–Kier alpha value is -2.49. The van der Waals surface area contributed by atoms with E-state index in [0.29, 0.717) is 0 Å². The first-order valence-corrected chi connectivity index (χ1v) is 5.66. The van der Waals surface area contributed by atoms with E-state index in [1.54, 1.807) is 7.11 Å². The molecule has 4 nitrogen and oxygen atoms in total. The van der Waals surface area contributed by atoms with Crippen LogP contribution in [0.15, 0.2) is 42.5 Å². The Labute approximate surface area is 104 Å². The van der Waals surface area contributed by atoms with Gasteiger partial charge in [-0.2, -0.15) is 5.10 Å². The predicted octanol–water partition coefficient (Wildman–Crippen LogP) is 2.82. The van der Waals surface area contributed by atoms with Crippen molar-refractivity contribution in [1.29, 1.82) is 0 Å². The Balaban J connectivity index is 2.28. The quantitative estimate of drug-likeness (QED) is 0.676. The highest BCUT2D eigenvalue weighted by atomic mass is 16.5. The van der Waals surface area contributed by atoms with Crippen molar-refractivity contribution in [3.63, 3.8) is 0 Å². The number of fused-ring (bicyclic) bond motifs is 1. The molecular weight excluding hydrogens is 226 g/mol. The van der Waals surface area contributed by atoms with Crippen LogP contribution in [-0.4, -0.2) is 17.3 Å². The first-order chi connectivity index (χ1) is 8.79. The Kier molecular flexibility index (Phi) is 2.41. The van der Waals surface area contributed by atoms with Gasteiger partial charge in [-0.1, -0.05) is 12.1 Å². The lowest BCUT2D eigenvalue weighted by Gasteiger charge is -2.05. The fraction of sp³-hybridized carbons (Fsp3) is 0.0714. The summed E-state index contributed by atoms with van der Waals surface area (Å²) in [6.07, 6.45) is 0. The molecule has 3 N–H and O–H groups in total. The number of hydrogen-bond acceptors (Lipinski definition) is 3. The number of para-hydroxylation sites is 1. The molecule has 4 heteroatoms. The van der Waals surface area contributed by atoms with Crippen LogP contribution in [0, 0.1) is 0 Å². The predicted molar refractivity (Wildman–Crippen MR) is 72.5 cm³/mol. The summed E-state index contributed by atoms with van der Waals surface area (Å²) in [5, 5.41) is 8.36. The van der Waals surface area contributed by atoms with Crippen LogP contribution in [-0.2, 0) is 0 Å². The first kappa shape index (κ1) is 10.7. The van der Waals surface area contributed by atoms with Gasteiger partial charge in [0.15, 0.2) is 0 Å². The summed E-state index contributed by atoms with van der Waals surface area (Å²) < 4.78 is 5.36. The lowest BCUT2D eigenvalue weighted by atomic mass is 10.1. The Morgan fingerprint density at radius 2 is 2.00 bits per heavy atom. The third-order valence-corrected chi connectivity index (χ3v) is 2.95. The zero-order valence-electron chi connectivity index (χ0n) is 9.97. The summed E-state index contributed by atoms with van der Waals surface area (Å²) in [6, 6.07) is 13.5. The lowest BCUT2D eigenvalue weighted by Crippen LogP contribution is -1.88. The molecule has 0 radical (unpaired) electrons. The van der Waals surface area contributed by atoms with E-state index >= 15 is 0 Å². The molecule has 0 aliphatic carbocycles. The average Bonchev–Trinajstić information content (AvgIpc) is 2.81. The summed E-state index contributed by atoms with van der Waals surface area (Å²) in [4.78, 5) is 0. The molecule has 3 rings (SSSR count). The maximum Gasteiger partial charge on any atom is 0.128 e. The number of methoxy groups -OCH3 is 1. The van der Waals surface area contributed by atoms with Crippen molar-refractivity contribution >= 4 is 16.6 Å². The summed E-state index contributed by atoms with van der Waals surface area (Å²) in [6.45, 7) is 0. The van der Waals surface area contributed by atoms with Gasteiger partial charge in [0, 0.05) is 16.6 Å². The SMILES string of the molecule is COc1ccccc1-c1n[nH]c2ccc(N)cc12. The molecular formula is C14H13N3O. The summed E-state index contributed by atoms with van der Waals surface area (Å²) >= 11 is 0. The Morgan fingerprint density at radius 3 is 2.83 bits per heavy atom. The van der Waals surface area contributed by atoms with Gasteiger partial charge in [0.25, 0.3) is 0 Å². The third-order valence-electron chi connectivity index (χ3n) is 2.95. The molecule has 1 aromatic heterocycles. The van der Waals surface area contributed by atoms with E-state index < -0.39 is 0 Å². The van der Waals surface area contributed by atoms with Crippen LogP contribution < -0.4 is 10.5 Å². The molecule has 2 aromatic carbocycles. The molecule has 1 heterocycles. The summed E-state index contributed by atoms with van der Waals surface area (Å²) in [7, 11) is 1.65. The van der Waals surface area contributed by atoms with Crippen molar-refractivity contribution in [1.82, 2.24) is 10.2 Å². The number of aromatic nitrogens is 2. The smallest absolute Gasteiger partial charge is 0.128 e. The van der Waals surface area contributed by atoms with E-state index in [2.05, 4.69) is 10.2 Å². The molecule has 90 valence electrons. The molecule has 0 aliphatic rings. The number of nitrogens with one attached hydrogen (secondary N) is 1. The van der Waals surface area contributed by atoms with E-state index in [9.17, 15) is 0 Å². The fourth-order valence-corrected chi connectivity index (χ4v) is 2.08. The highest BCUT2D eigenvalue weighted by molar-refractivity contribution is 5.95. The van der Waals surface area contributed by atoms with Gasteiger partial charge in [-0.15, -0.1) is 0 Å². The average molecular weight is 239 g/mol. The zero-order chi connectivity index (χ0) is 12.5. The fourth-order valence-electron chi connectivity index (χ4n) is 2.08. The molecule has 0 amide bonds. The molecule has 18 heavy (non-hydrogen) atoms. The number of anilines is 1. The molecule has 3 aromatic rings. The van der Waals surface area contributed by atoms with Gasteiger partial charge >= 0.3 is 0 Å². The number of nitrogens with zero attached hydrogens (tertiary/aromatic N) is 1.